The molecular formula is C16H18N6O. The molecule has 0 atom stereocenters. The number of anilines is 3. The Morgan fingerprint density at radius 2 is 2.13 bits per heavy atom. The van der Waals surface area contributed by atoms with Gasteiger partial charge in [-0.3, -0.25) is 4.79 Å². The van der Waals surface area contributed by atoms with Gasteiger partial charge in [-0.1, -0.05) is 0 Å². The third kappa shape index (κ3) is 3.23. The lowest BCUT2D eigenvalue weighted by molar-refractivity contribution is -0.120. The zero-order valence-electron chi connectivity index (χ0n) is 12.7. The maximum atomic E-state index is 11.4. The third-order valence-electron chi connectivity index (χ3n) is 4.07. The van der Waals surface area contributed by atoms with Crippen molar-refractivity contribution in [2.75, 3.05) is 29.9 Å². The van der Waals surface area contributed by atoms with Crippen LogP contribution in [0, 0.1) is 0 Å². The predicted octanol–water partition coefficient (Wildman–Crippen LogP) is 1.43. The van der Waals surface area contributed by atoms with Crippen LogP contribution in [0.5, 0.6) is 0 Å². The first-order valence-electron chi connectivity index (χ1n) is 7.84. The molecule has 0 radical (unpaired) electrons. The molecule has 0 aromatic carbocycles. The van der Waals surface area contributed by atoms with Crippen molar-refractivity contribution in [3.05, 3.63) is 36.4 Å². The average molecular weight is 310 g/mol. The molecule has 1 amide bonds. The standard InChI is InChI=1S/C16H18N6O/c23-16-9-22(6-5-17-16)15-4-3-12(8-18-15)21-14-7-13(11-1-2-11)19-10-20-14/h3-4,7-8,10-11H,1-2,5-6,9H2,(H,17,23)(H,19,20,21). The van der Waals surface area contributed by atoms with Crippen LogP contribution in [-0.2, 0) is 4.79 Å². The molecule has 1 saturated heterocycles. The van der Waals surface area contributed by atoms with Crippen molar-refractivity contribution >= 4 is 23.2 Å². The van der Waals surface area contributed by atoms with E-state index in [0.717, 1.165) is 29.6 Å². The van der Waals surface area contributed by atoms with E-state index in [1.807, 2.05) is 23.1 Å². The van der Waals surface area contributed by atoms with E-state index in [4.69, 9.17) is 0 Å². The molecule has 0 bridgehead atoms. The maximum absolute atomic E-state index is 11.4. The molecule has 7 nitrogen and oxygen atoms in total. The van der Waals surface area contributed by atoms with Gasteiger partial charge in [0.2, 0.25) is 5.91 Å². The van der Waals surface area contributed by atoms with E-state index < -0.39 is 0 Å². The summed E-state index contributed by atoms with van der Waals surface area (Å²) in [5.41, 5.74) is 1.97. The molecule has 3 heterocycles. The highest BCUT2D eigenvalue weighted by Crippen LogP contribution is 2.39. The van der Waals surface area contributed by atoms with Gasteiger partial charge >= 0.3 is 0 Å². The number of carbonyl (C=O) groups excluding carboxylic acids is 1. The summed E-state index contributed by atoms with van der Waals surface area (Å²) in [4.78, 5) is 26.4. The first-order valence-corrected chi connectivity index (χ1v) is 7.84. The normalized spacial score (nSPS) is 17.7. The zero-order valence-corrected chi connectivity index (χ0v) is 12.7. The van der Waals surface area contributed by atoms with Gasteiger partial charge in [0, 0.05) is 30.8 Å². The molecule has 7 heteroatoms. The molecule has 0 spiro atoms. The second kappa shape index (κ2) is 5.83. The summed E-state index contributed by atoms with van der Waals surface area (Å²) in [6, 6.07) is 5.87. The van der Waals surface area contributed by atoms with Crippen LogP contribution in [0.4, 0.5) is 17.3 Å². The lowest BCUT2D eigenvalue weighted by atomic mass is 10.3. The monoisotopic (exact) mass is 310 g/mol. The van der Waals surface area contributed by atoms with E-state index in [1.165, 1.54) is 12.8 Å². The Balaban J connectivity index is 1.45. The van der Waals surface area contributed by atoms with Crippen molar-refractivity contribution in [1.29, 1.82) is 0 Å². The van der Waals surface area contributed by atoms with E-state index in [1.54, 1.807) is 12.5 Å². The summed E-state index contributed by atoms with van der Waals surface area (Å²) in [5, 5.41) is 6.06. The summed E-state index contributed by atoms with van der Waals surface area (Å²) in [7, 11) is 0. The summed E-state index contributed by atoms with van der Waals surface area (Å²) in [6.07, 6.45) is 5.80. The van der Waals surface area contributed by atoms with Crippen LogP contribution in [0.15, 0.2) is 30.7 Å². The van der Waals surface area contributed by atoms with Gasteiger partial charge in [0.15, 0.2) is 0 Å². The largest absolute Gasteiger partial charge is 0.353 e. The van der Waals surface area contributed by atoms with E-state index in [2.05, 4.69) is 25.6 Å². The van der Waals surface area contributed by atoms with Crippen molar-refractivity contribution < 1.29 is 4.79 Å². The minimum atomic E-state index is 0.0360. The fraction of sp³-hybridized carbons (Fsp3) is 0.375. The van der Waals surface area contributed by atoms with E-state index in [0.29, 0.717) is 19.0 Å². The minimum absolute atomic E-state index is 0.0360. The lowest BCUT2D eigenvalue weighted by Gasteiger charge is -2.27. The first kappa shape index (κ1) is 13.9. The Hall–Kier alpha value is -2.70. The quantitative estimate of drug-likeness (QED) is 0.889. The second-order valence-corrected chi connectivity index (χ2v) is 5.90. The number of rotatable bonds is 4. The smallest absolute Gasteiger partial charge is 0.239 e. The van der Waals surface area contributed by atoms with E-state index in [-0.39, 0.29) is 5.91 Å². The highest BCUT2D eigenvalue weighted by Gasteiger charge is 2.25. The van der Waals surface area contributed by atoms with Crippen molar-refractivity contribution in [1.82, 2.24) is 20.3 Å². The molecule has 118 valence electrons. The van der Waals surface area contributed by atoms with Gasteiger partial charge < -0.3 is 15.5 Å². The molecule has 0 unspecified atom stereocenters. The summed E-state index contributed by atoms with van der Waals surface area (Å²) in [6.45, 7) is 1.80. The summed E-state index contributed by atoms with van der Waals surface area (Å²) >= 11 is 0. The lowest BCUT2D eigenvalue weighted by Crippen LogP contribution is -2.48. The molecular weight excluding hydrogens is 292 g/mol. The Bertz CT molecular complexity index is 713. The van der Waals surface area contributed by atoms with Crippen LogP contribution < -0.4 is 15.5 Å². The number of nitrogens with zero attached hydrogens (tertiary/aromatic N) is 4. The molecule has 2 aromatic rings. The first-order chi connectivity index (χ1) is 11.3. The van der Waals surface area contributed by atoms with Crippen molar-refractivity contribution in [3.63, 3.8) is 0 Å². The molecule has 1 aliphatic carbocycles. The number of nitrogens with one attached hydrogen (secondary N) is 2. The van der Waals surface area contributed by atoms with Gasteiger partial charge in [-0.05, 0) is 25.0 Å². The van der Waals surface area contributed by atoms with Crippen LogP contribution in [-0.4, -0.2) is 40.5 Å². The number of amides is 1. The highest BCUT2D eigenvalue weighted by molar-refractivity contribution is 5.82. The van der Waals surface area contributed by atoms with Gasteiger partial charge in [-0.15, -0.1) is 0 Å². The molecule has 2 fully saturated rings. The van der Waals surface area contributed by atoms with Gasteiger partial charge in [0.25, 0.3) is 0 Å². The SMILES string of the molecule is O=C1CN(c2ccc(Nc3cc(C4CC4)ncn3)cn2)CCN1. The number of hydrogen-bond acceptors (Lipinski definition) is 6. The van der Waals surface area contributed by atoms with Crippen LogP contribution in [0.25, 0.3) is 0 Å². The van der Waals surface area contributed by atoms with Gasteiger partial charge in [-0.2, -0.15) is 0 Å². The number of piperazine rings is 1. The Kier molecular flexibility index (Phi) is 3.53. The molecule has 2 aromatic heterocycles. The van der Waals surface area contributed by atoms with Crippen molar-refractivity contribution in [2.24, 2.45) is 0 Å². The van der Waals surface area contributed by atoms with Crippen molar-refractivity contribution in [3.8, 4) is 0 Å². The van der Waals surface area contributed by atoms with E-state index >= 15 is 0 Å². The topological polar surface area (TPSA) is 83.0 Å². The molecule has 1 saturated carbocycles. The molecule has 23 heavy (non-hydrogen) atoms. The molecule has 4 rings (SSSR count). The Labute approximate surface area is 134 Å². The zero-order chi connectivity index (χ0) is 15.6. The minimum Gasteiger partial charge on any atom is -0.353 e. The fourth-order valence-corrected chi connectivity index (χ4v) is 2.67. The number of hydrogen-bond donors (Lipinski definition) is 2. The fourth-order valence-electron chi connectivity index (χ4n) is 2.67. The molecule has 2 N–H and O–H groups in total. The van der Waals surface area contributed by atoms with Gasteiger partial charge in [0.1, 0.15) is 18.0 Å². The summed E-state index contributed by atoms with van der Waals surface area (Å²) in [5.74, 6) is 2.23. The van der Waals surface area contributed by atoms with Crippen LogP contribution >= 0.6 is 0 Å². The Morgan fingerprint density at radius 1 is 1.22 bits per heavy atom. The van der Waals surface area contributed by atoms with Crippen LogP contribution in [0.2, 0.25) is 0 Å². The summed E-state index contributed by atoms with van der Waals surface area (Å²) < 4.78 is 0. The van der Waals surface area contributed by atoms with Crippen molar-refractivity contribution in [2.45, 2.75) is 18.8 Å². The van der Waals surface area contributed by atoms with Crippen LogP contribution in [0.3, 0.4) is 0 Å². The van der Waals surface area contributed by atoms with E-state index in [9.17, 15) is 4.79 Å². The second-order valence-electron chi connectivity index (χ2n) is 5.90. The van der Waals surface area contributed by atoms with Crippen LogP contribution in [0.1, 0.15) is 24.5 Å². The maximum Gasteiger partial charge on any atom is 0.239 e. The highest BCUT2D eigenvalue weighted by atomic mass is 16.2. The van der Waals surface area contributed by atoms with Gasteiger partial charge in [-0.25, -0.2) is 15.0 Å². The Morgan fingerprint density at radius 3 is 2.87 bits per heavy atom. The number of aromatic nitrogens is 3. The third-order valence-corrected chi connectivity index (χ3v) is 4.07. The predicted molar refractivity (Wildman–Crippen MR) is 86.7 cm³/mol. The number of pyridine rings is 1. The number of carbonyl (C=O) groups is 1. The van der Waals surface area contributed by atoms with Gasteiger partial charge in [0.05, 0.1) is 18.4 Å². The molecule has 2 aliphatic rings. The average Bonchev–Trinajstić information content (AvgIpc) is 3.41. The molecule has 1 aliphatic heterocycles.